The van der Waals surface area contributed by atoms with Gasteiger partial charge in [-0.25, -0.2) is 4.79 Å². The molecule has 0 aliphatic carbocycles. The first-order chi connectivity index (χ1) is 13.0. The third-order valence-electron chi connectivity index (χ3n) is 4.11. The zero-order valence-corrected chi connectivity index (χ0v) is 15.9. The molecule has 1 saturated heterocycles. The Hall–Kier alpha value is -2.39. The van der Waals surface area contributed by atoms with E-state index in [1.54, 1.807) is 31.4 Å². The molecule has 1 fully saturated rings. The standard InChI is InChI=1S/C17H17ClN2O6S/c1-25-10-4-2-9(3-5-10)7-26-17(24)14-11(21)8-27-16-13(15(23)20(14)16)19-12(22)6-18/h2-5,13,16,21H,6-8H2,1H3,(H,19,22)/t13?,16-/m0/s1. The number of alkyl halides is 1. The van der Waals surface area contributed by atoms with Crippen molar-refractivity contribution in [3.05, 3.63) is 41.3 Å². The lowest BCUT2D eigenvalue weighted by Crippen LogP contribution is -2.70. The van der Waals surface area contributed by atoms with Crippen LogP contribution in [-0.2, 0) is 25.7 Å². The Morgan fingerprint density at radius 3 is 2.70 bits per heavy atom. The second-order valence-electron chi connectivity index (χ2n) is 5.81. The van der Waals surface area contributed by atoms with Gasteiger partial charge in [0.15, 0.2) is 5.70 Å². The van der Waals surface area contributed by atoms with Gasteiger partial charge in [-0.3, -0.25) is 14.5 Å². The number of rotatable bonds is 6. The van der Waals surface area contributed by atoms with Crippen molar-refractivity contribution < 1.29 is 29.0 Å². The Morgan fingerprint density at radius 1 is 1.37 bits per heavy atom. The molecule has 2 amide bonds. The lowest BCUT2D eigenvalue weighted by Gasteiger charge is -2.48. The molecular formula is C17H17ClN2O6S. The number of aliphatic hydroxyl groups is 1. The third kappa shape index (κ3) is 3.84. The van der Waals surface area contributed by atoms with Crippen molar-refractivity contribution >= 4 is 41.1 Å². The van der Waals surface area contributed by atoms with E-state index < -0.39 is 29.2 Å². The number of aliphatic hydroxyl groups excluding tert-OH is 1. The predicted octanol–water partition coefficient (Wildman–Crippen LogP) is 1.15. The number of thioether (sulfide) groups is 1. The van der Waals surface area contributed by atoms with E-state index in [0.29, 0.717) is 5.75 Å². The average Bonchev–Trinajstić information content (AvgIpc) is 2.70. The van der Waals surface area contributed by atoms with Crippen molar-refractivity contribution in [1.29, 1.82) is 0 Å². The van der Waals surface area contributed by atoms with E-state index in [0.717, 1.165) is 10.5 Å². The van der Waals surface area contributed by atoms with Crippen LogP contribution in [0.15, 0.2) is 35.7 Å². The van der Waals surface area contributed by atoms with Crippen LogP contribution in [0, 0.1) is 0 Å². The van der Waals surface area contributed by atoms with Gasteiger partial charge in [-0.15, -0.1) is 23.4 Å². The lowest BCUT2D eigenvalue weighted by atomic mass is 10.0. The van der Waals surface area contributed by atoms with Crippen LogP contribution in [0.4, 0.5) is 0 Å². The molecule has 2 heterocycles. The van der Waals surface area contributed by atoms with Crippen molar-refractivity contribution in [2.24, 2.45) is 0 Å². The Morgan fingerprint density at radius 2 is 2.07 bits per heavy atom. The Labute approximate surface area is 164 Å². The fraction of sp³-hybridized carbons (Fsp3) is 0.353. The molecule has 2 aliphatic heterocycles. The molecule has 0 radical (unpaired) electrons. The van der Waals surface area contributed by atoms with Gasteiger partial charge in [-0.1, -0.05) is 12.1 Å². The molecule has 2 aliphatic rings. The maximum absolute atomic E-state index is 12.4. The molecule has 1 aromatic rings. The summed E-state index contributed by atoms with van der Waals surface area (Å²) in [5.41, 5.74) is 0.543. The summed E-state index contributed by atoms with van der Waals surface area (Å²) in [5, 5.41) is 12.1. The normalized spacial score (nSPS) is 21.3. The molecule has 8 nitrogen and oxygen atoms in total. The van der Waals surface area contributed by atoms with E-state index in [1.807, 2.05) is 0 Å². The van der Waals surface area contributed by atoms with E-state index in [9.17, 15) is 19.5 Å². The molecule has 0 bridgehead atoms. The second-order valence-corrected chi connectivity index (χ2v) is 7.18. The van der Waals surface area contributed by atoms with Crippen LogP contribution in [0.2, 0.25) is 0 Å². The smallest absolute Gasteiger partial charge is 0.358 e. The molecular weight excluding hydrogens is 396 g/mol. The van der Waals surface area contributed by atoms with Gasteiger partial charge in [-0.05, 0) is 17.7 Å². The summed E-state index contributed by atoms with van der Waals surface area (Å²) in [7, 11) is 1.55. The van der Waals surface area contributed by atoms with Crippen LogP contribution >= 0.6 is 23.4 Å². The Kier molecular flexibility index (Phi) is 5.81. The van der Waals surface area contributed by atoms with Gasteiger partial charge in [-0.2, -0.15) is 0 Å². The molecule has 144 valence electrons. The molecule has 0 spiro atoms. The first kappa shape index (κ1) is 19.4. The highest BCUT2D eigenvalue weighted by Gasteiger charge is 2.54. The van der Waals surface area contributed by atoms with Crippen molar-refractivity contribution in [1.82, 2.24) is 10.2 Å². The van der Waals surface area contributed by atoms with Crippen molar-refractivity contribution in [3.63, 3.8) is 0 Å². The highest BCUT2D eigenvalue weighted by Crippen LogP contribution is 2.40. The first-order valence-corrected chi connectivity index (χ1v) is 9.56. The number of carbonyl (C=O) groups is 3. The molecule has 3 rings (SSSR count). The van der Waals surface area contributed by atoms with Crippen LogP contribution < -0.4 is 10.1 Å². The molecule has 2 atom stereocenters. The number of benzene rings is 1. The van der Waals surface area contributed by atoms with E-state index in [-0.39, 0.29) is 29.7 Å². The van der Waals surface area contributed by atoms with Gasteiger partial charge in [0.05, 0.1) is 12.9 Å². The Bertz CT molecular complexity index is 797. The number of amides is 2. The quantitative estimate of drug-likeness (QED) is 0.410. The number of ether oxygens (including phenoxy) is 2. The summed E-state index contributed by atoms with van der Waals surface area (Å²) in [6.07, 6.45) is 0. The van der Waals surface area contributed by atoms with E-state index in [4.69, 9.17) is 21.1 Å². The number of β-lactam (4-membered cyclic amide) rings is 1. The summed E-state index contributed by atoms with van der Waals surface area (Å²) in [5.74, 6) is -1.45. The molecule has 0 saturated carbocycles. The maximum atomic E-state index is 12.4. The monoisotopic (exact) mass is 412 g/mol. The van der Waals surface area contributed by atoms with E-state index >= 15 is 0 Å². The Balaban J connectivity index is 1.66. The number of hydrogen-bond acceptors (Lipinski definition) is 7. The highest BCUT2D eigenvalue weighted by atomic mass is 35.5. The summed E-state index contributed by atoms with van der Waals surface area (Å²) in [4.78, 5) is 37.4. The van der Waals surface area contributed by atoms with Gasteiger partial charge < -0.3 is 19.9 Å². The average molecular weight is 413 g/mol. The van der Waals surface area contributed by atoms with E-state index in [1.165, 1.54) is 11.8 Å². The molecule has 10 heteroatoms. The summed E-state index contributed by atoms with van der Waals surface area (Å²) in [6.45, 7) is -0.0220. The van der Waals surface area contributed by atoms with Gasteiger partial charge in [0.25, 0.3) is 5.91 Å². The SMILES string of the molecule is COc1ccc(COC(=O)C2=C(O)CS[C@H]3C(NC(=O)CCl)C(=O)N23)cc1. The topological polar surface area (TPSA) is 105 Å². The number of nitrogens with zero attached hydrogens (tertiary/aromatic N) is 1. The fourth-order valence-electron chi connectivity index (χ4n) is 2.74. The van der Waals surface area contributed by atoms with Crippen molar-refractivity contribution in [2.75, 3.05) is 18.7 Å². The summed E-state index contributed by atoms with van der Waals surface area (Å²) < 4.78 is 10.3. The van der Waals surface area contributed by atoms with Crippen LogP contribution in [0.5, 0.6) is 5.75 Å². The minimum absolute atomic E-state index is 0.0220. The molecule has 1 aromatic carbocycles. The second kappa shape index (κ2) is 8.10. The summed E-state index contributed by atoms with van der Waals surface area (Å²) >= 11 is 6.69. The van der Waals surface area contributed by atoms with Gasteiger partial charge >= 0.3 is 5.97 Å². The van der Waals surface area contributed by atoms with Crippen LogP contribution in [-0.4, -0.2) is 57.9 Å². The number of carbonyl (C=O) groups excluding carboxylic acids is 3. The third-order valence-corrected chi connectivity index (χ3v) is 5.62. The molecule has 27 heavy (non-hydrogen) atoms. The van der Waals surface area contributed by atoms with Gasteiger partial charge in [0.2, 0.25) is 5.91 Å². The van der Waals surface area contributed by atoms with Crippen molar-refractivity contribution in [2.45, 2.75) is 18.0 Å². The molecule has 0 aromatic heterocycles. The van der Waals surface area contributed by atoms with E-state index in [2.05, 4.69) is 5.32 Å². The highest BCUT2D eigenvalue weighted by molar-refractivity contribution is 8.00. The summed E-state index contributed by atoms with van der Waals surface area (Å²) in [6, 6.07) is 6.17. The zero-order valence-electron chi connectivity index (χ0n) is 14.3. The van der Waals surface area contributed by atoms with Gasteiger partial charge in [0.1, 0.15) is 35.4 Å². The number of fused-ring (bicyclic) bond motifs is 1. The fourth-order valence-corrected chi connectivity index (χ4v) is 4.02. The zero-order chi connectivity index (χ0) is 19.6. The predicted molar refractivity (Wildman–Crippen MR) is 98.2 cm³/mol. The minimum Gasteiger partial charge on any atom is -0.509 e. The number of esters is 1. The maximum Gasteiger partial charge on any atom is 0.358 e. The number of nitrogens with one attached hydrogen (secondary N) is 1. The van der Waals surface area contributed by atoms with Crippen LogP contribution in [0.3, 0.4) is 0 Å². The minimum atomic E-state index is -0.802. The number of methoxy groups -OCH3 is 1. The van der Waals surface area contributed by atoms with Crippen molar-refractivity contribution in [3.8, 4) is 5.75 Å². The lowest BCUT2D eigenvalue weighted by molar-refractivity contribution is -0.153. The van der Waals surface area contributed by atoms with Crippen LogP contribution in [0.25, 0.3) is 0 Å². The van der Waals surface area contributed by atoms with Gasteiger partial charge in [0, 0.05) is 0 Å². The molecule has 2 N–H and O–H groups in total. The van der Waals surface area contributed by atoms with Crippen LogP contribution in [0.1, 0.15) is 5.56 Å². The molecule has 1 unspecified atom stereocenters. The number of hydrogen-bond donors (Lipinski definition) is 2. The number of halogens is 1. The first-order valence-electron chi connectivity index (χ1n) is 7.98. The largest absolute Gasteiger partial charge is 0.509 e.